The van der Waals surface area contributed by atoms with Crippen LogP contribution in [-0.2, 0) is 51.8 Å². The van der Waals surface area contributed by atoms with Gasteiger partial charge < -0.3 is 45.9 Å². The molecule has 5 heterocycles. The first kappa shape index (κ1) is 53.6. The first-order valence-corrected chi connectivity index (χ1v) is 26.0. The van der Waals surface area contributed by atoms with Crippen LogP contribution in [0.3, 0.4) is 0 Å². The zero-order valence-corrected chi connectivity index (χ0v) is 43.2. The molecule has 16 nitrogen and oxygen atoms in total. The molecule has 0 saturated carbocycles. The number of hydrogen-bond acceptors (Lipinski definition) is 11. The molecule has 4 aromatic rings. The van der Waals surface area contributed by atoms with Gasteiger partial charge in [0, 0.05) is 82.0 Å². The lowest BCUT2D eigenvalue weighted by atomic mass is 9.82. The summed E-state index contributed by atoms with van der Waals surface area (Å²) < 4.78 is 55.5. The van der Waals surface area contributed by atoms with Crippen molar-refractivity contribution in [3.8, 4) is 0 Å². The maximum atomic E-state index is 15.1. The number of carbonyl (C=O) groups is 5. The van der Waals surface area contributed by atoms with Gasteiger partial charge in [-0.1, -0.05) is 36.4 Å². The number of amides is 5. The number of morpholine rings is 1. The molecule has 0 aliphatic carbocycles. The maximum absolute atomic E-state index is 15.1. The van der Waals surface area contributed by atoms with Gasteiger partial charge in [0.1, 0.15) is 35.2 Å². The van der Waals surface area contributed by atoms with E-state index in [-0.39, 0.29) is 61.1 Å². The van der Waals surface area contributed by atoms with Crippen LogP contribution in [0.4, 0.5) is 30.2 Å². The van der Waals surface area contributed by atoms with E-state index in [0.717, 1.165) is 36.3 Å². The first-order chi connectivity index (χ1) is 36.0. The van der Waals surface area contributed by atoms with Gasteiger partial charge in [-0.3, -0.25) is 33.8 Å². The fourth-order valence-electron chi connectivity index (χ4n) is 11.2. The molecule has 9 rings (SSSR count). The van der Waals surface area contributed by atoms with Gasteiger partial charge in [-0.25, -0.2) is 13.2 Å². The third-order valence-electron chi connectivity index (χ3n) is 15.8. The van der Waals surface area contributed by atoms with E-state index in [9.17, 15) is 23.6 Å². The molecule has 3 fully saturated rings. The van der Waals surface area contributed by atoms with E-state index in [2.05, 4.69) is 50.2 Å². The molecule has 4 aromatic carbocycles. The van der Waals surface area contributed by atoms with E-state index < -0.39 is 64.5 Å². The highest BCUT2D eigenvalue weighted by atomic mass is 19.1. The molecular formula is C56H68F3N9O7. The summed E-state index contributed by atoms with van der Waals surface area (Å²) in [6, 6.07) is 17.4. The Labute approximate surface area is 436 Å². The minimum atomic E-state index is -1.44. The van der Waals surface area contributed by atoms with Crippen LogP contribution in [0.1, 0.15) is 74.4 Å². The van der Waals surface area contributed by atoms with Gasteiger partial charge in [0.15, 0.2) is 0 Å². The normalized spacial score (nSPS) is 24.0. The van der Waals surface area contributed by atoms with E-state index >= 15 is 13.6 Å². The van der Waals surface area contributed by atoms with Crippen LogP contribution < -0.4 is 31.5 Å². The van der Waals surface area contributed by atoms with Gasteiger partial charge in [-0.15, -0.1) is 0 Å². The number of hydrogen-bond donors (Lipinski definition) is 5. The quantitative estimate of drug-likeness (QED) is 0.110. The van der Waals surface area contributed by atoms with Crippen molar-refractivity contribution in [2.45, 2.75) is 95.2 Å². The van der Waals surface area contributed by atoms with Gasteiger partial charge >= 0.3 is 0 Å². The molecule has 400 valence electrons. The molecule has 5 aliphatic rings. The Balaban J connectivity index is 1.02. The molecule has 7 atom stereocenters. The van der Waals surface area contributed by atoms with E-state index in [4.69, 9.17) is 9.47 Å². The van der Waals surface area contributed by atoms with Gasteiger partial charge in [-0.05, 0) is 130 Å². The van der Waals surface area contributed by atoms with E-state index in [1.807, 2.05) is 18.2 Å². The second-order valence-corrected chi connectivity index (χ2v) is 21.0. The predicted molar refractivity (Wildman–Crippen MR) is 277 cm³/mol. The van der Waals surface area contributed by atoms with Crippen LogP contribution in [0.25, 0.3) is 0 Å². The van der Waals surface area contributed by atoms with Gasteiger partial charge in [0.05, 0.1) is 31.2 Å². The third-order valence-corrected chi connectivity index (χ3v) is 15.8. The number of nitrogens with zero attached hydrogens (tertiary/aromatic N) is 4. The second kappa shape index (κ2) is 22.9. The SMILES string of the molecule is CN[C@@H](C)C(=O)NC(C(=O)N1Cc2ccc(NC(=O)[C@@]3(C)CN(C(=O)CN4C[C@@H](C)NC[C@@H]4CN4CCOC[C@H]4C)c4cc(Cc5ccc(F)cc5)ccc43)cc2[C@H]1C(=O)Nc1c(F)cccc1F)C1CCOCC1. The monoisotopic (exact) mass is 1040 g/mol. The molecule has 5 amide bonds. The van der Waals surface area contributed by atoms with E-state index in [0.29, 0.717) is 81.2 Å². The van der Waals surface area contributed by atoms with Crippen molar-refractivity contribution in [2.75, 3.05) is 88.3 Å². The van der Waals surface area contributed by atoms with Crippen molar-refractivity contribution < 1.29 is 46.6 Å². The largest absolute Gasteiger partial charge is 0.381 e. The van der Waals surface area contributed by atoms with Crippen molar-refractivity contribution in [3.05, 3.63) is 124 Å². The number of rotatable bonds is 15. The number of likely N-dealkylation sites (N-methyl/N-ethyl adjacent to an activating group) is 1. The van der Waals surface area contributed by atoms with Crippen molar-refractivity contribution in [1.82, 2.24) is 30.7 Å². The number of para-hydroxylation sites is 1. The highest BCUT2D eigenvalue weighted by molar-refractivity contribution is 6.07. The van der Waals surface area contributed by atoms with Crippen LogP contribution >= 0.6 is 0 Å². The lowest BCUT2D eigenvalue weighted by Crippen LogP contribution is -2.62. The molecule has 19 heteroatoms. The van der Waals surface area contributed by atoms with Gasteiger partial charge in [0.2, 0.25) is 23.6 Å². The first-order valence-electron chi connectivity index (χ1n) is 26.0. The summed E-state index contributed by atoms with van der Waals surface area (Å²) in [7, 11) is 1.62. The van der Waals surface area contributed by atoms with Crippen molar-refractivity contribution in [2.24, 2.45) is 5.92 Å². The summed E-state index contributed by atoms with van der Waals surface area (Å²) >= 11 is 0. The Bertz CT molecular complexity index is 2760. The zero-order valence-electron chi connectivity index (χ0n) is 43.2. The van der Waals surface area contributed by atoms with Crippen molar-refractivity contribution in [3.63, 3.8) is 0 Å². The summed E-state index contributed by atoms with van der Waals surface area (Å²) in [4.78, 5) is 80.5. The fraction of sp³-hybridized carbons (Fsp3) is 0.482. The molecule has 0 aromatic heterocycles. The minimum Gasteiger partial charge on any atom is -0.381 e. The van der Waals surface area contributed by atoms with Crippen molar-refractivity contribution >= 4 is 46.6 Å². The Morgan fingerprint density at radius 2 is 1.60 bits per heavy atom. The number of fused-ring (bicyclic) bond motifs is 2. The Kier molecular flexibility index (Phi) is 16.4. The molecule has 0 bridgehead atoms. The van der Waals surface area contributed by atoms with Gasteiger partial charge in [0.25, 0.3) is 5.91 Å². The molecular weight excluding hydrogens is 968 g/mol. The number of piperazine rings is 1. The number of nitrogens with one attached hydrogen (secondary N) is 5. The molecule has 75 heavy (non-hydrogen) atoms. The fourth-order valence-corrected chi connectivity index (χ4v) is 11.2. The number of ether oxygens (including phenoxy) is 2. The number of anilines is 3. The third kappa shape index (κ3) is 11.6. The van der Waals surface area contributed by atoms with Gasteiger partial charge in [-0.2, -0.15) is 0 Å². The molecule has 3 saturated heterocycles. The molecule has 5 N–H and O–H groups in total. The van der Waals surface area contributed by atoms with E-state index in [1.54, 1.807) is 56.1 Å². The Hall–Kier alpha value is -6.22. The predicted octanol–water partition coefficient (Wildman–Crippen LogP) is 4.86. The van der Waals surface area contributed by atoms with Crippen LogP contribution in [0.5, 0.6) is 0 Å². The number of carbonyl (C=O) groups excluding carboxylic acids is 5. The average molecular weight is 1040 g/mol. The molecule has 5 aliphatic heterocycles. The Morgan fingerprint density at radius 1 is 0.867 bits per heavy atom. The number of benzene rings is 4. The number of halogens is 3. The van der Waals surface area contributed by atoms with Crippen LogP contribution in [0.2, 0.25) is 0 Å². The minimum absolute atomic E-state index is 0.0117. The summed E-state index contributed by atoms with van der Waals surface area (Å²) in [5, 5.41) is 14.9. The van der Waals surface area contributed by atoms with Crippen LogP contribution in [0, 0.1) is 23.4 Å². The second-order valence-electron chi connectivity index (χ2n) is 21.0. The highest BCUT2D eigenvalue weighted by Crippen LogP contribution is 2.44. The topological polar surface area (TPSA) is 177 Å². The summed E-state index contributed by atoms with van der Waals surface area (Å²) in [6.45, 7) is 12.7. The molecule has 0 radical (unpaired) electrons. The Morgan fingerprint density at radius 3 is 2.32 bits per heavy atom. The van der Waals surface area contributed by atoms with Crippen LogP contribution in [-0.4, -0.2) is 147 Å². The highest BCUT2D eigenvalue weighted by Gasteiger charge is 2.49. The zero-order chi connectivity index (χ0) is 53.1. The smallest absolute Gasteiger partial charge is 0.252 e. The van der Waals surface area contributed by atoms with E-state index in [1.165, 1.54) is 23.1 Å². The molecule has 1 unspecified atom stereocenters. The maximum Gasteiger partial charge on any atom is 0.252 e. The lowest BCUT2D eigenvalue weighted by Gasteiger charge is -2.43. The summed E-state index contributed by atoms with van der Waals surface area (Å²) in [5.41, 5.74) is 2.10. The standard InChI is InChI=1S/C56H68F3N9O7/c1-33-27-66(42(26-61-33)29-65-19-22-75-31-34(65)2)30-48(69)68-32-56(4,44-16-11-37(24-47(44)68)23-36-9-13-40(57)14-10-36)55(73)62-41-15-12-39-28-67(51(43(39)25-41)53(71)64-50-45(58)7-6-8-46(50)59)54(72)49(38-17-20-74-21-18-38)63-52(70)35(3)60-5/h6-16,24-25,33-35,38,42,49,51,60-61H,17-23,26-32H2,1-5H3,(H,62,73)(H,63,70)(H,64,71)/t33-,34-,35+,42-,49?,51+,56+/m1/s1. The summed E-state index contributed by atoms with van der Waals surface area (Å²) in [6.07, 6.45) is 1.38. The summed E-state index contributed by atoms with van der Waals surface area (Å²) in [5.74, 6) is -5.22. The van der Waals surface area contributed by atoms with Crippen LogP contribution in [0.15, 0.2) is 78.9 Å². The average Bonchev–Trinajstić information content (AvgIpc) is 3.95. The van der Waals surface area contributed by atoms with Crippen molar-refractivity contribution in [1.29, 1.82) is 0 Å². The molecule has 0 spiro atoms. The lowest BCUT2D eigenvalue weighted by molar-refractivity contribution is -0.144.